The maximum Gasteiger partial charge on any atom is 0.362 e. The summed E-state index contributed by atoms with van der Waals surface area (Å²) < 4.78 is 0. The molecule has 1 N–H and O–H groups in total. The molecule has 0 bridgehead atoms. The first kappa shape index (κ1) is 11.8. The predicted molar refractivity (Wildman–Crippen MR) is 63.6 cm³/mol. The number of hydrogen-bond donors (Lipinski definition) is 1. The lowest BCUT2D eigenvalue weighted by Crippen LogP contribution is -2.27. The van der Waals surface area contributed by atoms with E-state index in [0.29, 0.717) is 11.1 Å². The number of aromatic nitrogens is 1. The zero-order valence-corrected chi connectivity index (χ0v) is 9.37. The van der Waals surface area contributed by atoms with Gasteiger partial charge < -0.3 is 4.84 Å². The molecule has 0 aliphatic carbocycles. The number of nitrogens with one attached hydrogen (secondary N) is 1. The number of carbonyl (C=O) groups excluding carboxylic acids is 2. The zero-order chi connectivity index (χ0) is 12.8. The molecular formula is C13H10N2O3. The number of rotatable bonds is 2. The van der Waals surface area contributed by atoms with Crippen molar-refractivity contribution in [2.45, 2.75) is 0 Å². The maximum absolute atomic E-state index is 11.6. The molecule has 0 aliphatic rings. The summed E-state index contributed by atoms with van der Waals surface area (Å²) in [5.41, 5.74) is 2.75. The van der Waals surface area contributed by atoms with Crippen molar-refractivity contribution >= 4 is 11.9 Å². The number of hydrogen-bond acceptors (Lipinski definition) is 4. The van der Waals surface area contributed by atoms with Crippen LogP contribution in [0.15, 0.2) is 54.9 Å². The molecule has 0 atom stereocenters. The summed E-state index contributed by atoms with van der Waals surface area (Å²) in [6, 6.07) is 11.6. The van der Waals surface area contributed by atoms with Gasteiger partial charge in [0.05, 0.1) is 11.1 Å². The molecule has 0 aliphatic heterocycles. The van der Waals surface area contributed by atoms with Crippen LogP contribution in [0.5, 0.6) is 0 Å². The molecule has 1 amide bonds. The number of benzene rings is 1. The molecule has 0 saturated carbocycles. The Bertz CT molecular complexity index is 489. The van der Waals surface area contributed by atoms with Crippen molar-refractivity contribution in [2.24, 2.45) is 0 Å². The van der Waals surface area contributed by atoms with Crippen LogP contribution >= 0.6 is 0 Å². The Labute approximate surface area is 103 Å². The van der Waals surface area contributed by atoms with E-state index >= 15 is 0 Å². The Balaban J connectivity index is 1.93. The van der Waals surface area contributed by atoms with Gasteiger partial charge in [-0.2, -0.15) is 5.48 Å². The molecule has 1 aromatic heterocycles. The van der Waals surface area contributed by atoms with Crippen LogP contribution < -0.4 is 5.48 Å². The highest BCUT2D eigenvalue weighted by molar-refractivity contribution is 5.95. The fourth-order valence-electron chi connectivity index (χ4n) is 1.28. The minimum atomic E-state index is -0.618. The van der Waals surface area contributed by atoms with Gasteiger partial charge in [-0.1, -0.05) is 18.2 Å². The van der Waals surface area contributed by atoms with Gasteiger partial charge in [-0.3, -0.25) is 9.78 Å². The maximum atomic E-state index is 11.6. The summed E-state index contributed by atoms with van der Waals surface area (Å²) in [5, 5.41) is 0. The minimum Gasteiger partial charge on any atom is -0.335 e. The summed E-state index contributed by atoms with van der Waals surface area (Å²) in [7, 11) is 0. The number of nitrogens with zero attached hydrogens (tertiary/aromatic N) is 1. The first-order valence-corrected chi connectivity index (χ1v) is 5.24. The molecule has 2 rings (SSSR count). The highest BCUT2D eigenvalue weighted by atomic mass is 16.7. The lowest BCUT2D eigenvalue weighted by Gasteiger charge is -2.05. The average molecular weight is 242 g/mol. The lowest BCUT2D eigenvalue weighted by molar-refractivity contribution is 0.0230. The smallest absolute Gasteiger partial charge is 0.335 e. The van der Waals surface area contributed by atoms with Gasteiger partial charge in [-0.05, 0) is 24.3 Å². The molecule has 18 heavy (non-hydrogen) atoms. The van der Waals surface area contributed by atoms with Crippen molar-refractivity contribution in [3.05, 3.63) is 66.0 Å². The first-order chi connectivity index (χ1) is 8.77. The van der Waals surface area contributed by atoms with Gasteiger partial charge in [0.15, 0.2) is 0 Å². The van der Waals surface area contributed by atoms with E-state index in [-0.39, 0.29) is 0 Å². The SMILES string of the molecule is O=C(NOC(=O)c1ccccc1)c1cccnc1. The van der Waals surface area contributed by atoms with E-state index in [1.165, 1.54) is 6.20 Å². The topological polar surface area (TPSA) is 68.3 Å². The summed E-state index contributed by atoms with van der Waals surface area (Å²) >= 11 is 0. The number of amides is 1. The van der Waals surface area contributed by atoms with Crippen LogP contribution in [0.4, 0.5) is 0 Å². The second-order valence-electron chi connectivity index (χ2n) is 3.43. The molecule has 5 nitrogen and oxygen atoms in total. The average Bonchev–Trinajstić information content (AvgIpc) is 2.46. The second kappa shape index (κ2) is 5.58. The third-order valence-electron chi connectivity index (χ3n) is 2.17. The molecule has 5 heteroatoms. The van der Waals surface area contributed by atoms with Crippen LogP contribution in [0.25, 0.3) is 0 Å². The molecular weight excluding hydrogens is 232 g/mol. The normalized spacial score (nSPS) is 9.56. The van der Waals surface area contributed by atoms with Gasteiger partial charge in [0.25, 0.3) is 5.91 Å². The molecule has 90 valence electrons. The van der Waals surface area contributed by atoms with Crippen molar-refractivity contribution in [1.29, 1.82) is 0 Å². The summed E-state index contributed by atoms with van der Waals surface area (Å²) in [5.74, 6) is -1.14. The van der Waals surface area contributed by atoms with E-state index in [0.717, 1.165) is 0 Å². The van der Waals surface area contributed by atoms with Crippen molar-refractivity contribution in [1.82, 2.24) is 10.5 Å². The second-order valence-corrected chi connectivity index (χ2v) is 3.43. The van der Waals surface area contributed by atoms with E-state index in [9.17, 15) is 9.59 Å². The molecule has 1 heterocycles. The van der Waals surface area contributed by atoms with Crippen LogP contribution in [0.1, 0.15) is 20.7 Å². The van der Waals surface area contributed by atoms with Crippen LogP contribution in [0.3, 0.4) is 0 Å². The Kier molecular flexibility index (Phi) is 3.66. The van der Waals surface area contributed by atoms with E-state index in [1.807, 2.05) is 0 Å². The van der Waals surface area contributed by atoms with Gasteiger partial charge >= 0.3 is 5.97 Å². The molecule has 1 aromatic carbocycles. The Morgan fingerprint density at radius 2 is 1.72 bits per heavy atom. The van der Waals surface area contributed by atoms with Crippen LogP contribution in [-0.4, -0.2) is 16.9 Å². The van der Waals surface area contributed by atoms with Crippen molar-refractivity contribution < 1.29 is 14.4 Å². The molecule has 0 radical (unpaired) electrons. The first-order valence-electron chi connectivity index (χ1n) is 5.24. The quantitative estimate of drug-likeness (QED) is 0.812. The highest BCUT2D eigenvalue weighted by Crippen LogP contribution is 2.00. The third kappa shape index (κ3) is 2.91. The van der Waals surface area contributed by atoms with Crippen LogP contribution in [0.2, 0.25) is 0 Å². The van der Waals surface area contributed by atoms with Crippen molar-refractivity contribution in [3.8, 4) is 0 Å². The number of hydroxylamine groups is 1. The molecule has 0 spiro atoms. The largest absolute Gasteiger partial charge is 0.362 e. The van der Waals surface area contributed by atoms with Gasteiger partial charge in [0, 0.05) is 12.4 Å². The van der Waals surface area contributed by atoms with Gasteiger partial charge in [0.2, 0.25) is 0 Å². The van der Waals surface area contributed by atoms with Gasteiger partial charge in [-0.15, -0.1) is 0 Å². The van der Waals surface area contributed by atoms with E-state index in [2.05, 4.69) is 15.3 Å². The summed E-state index contributed by atoms with van der Waals surface area (Å²) in [6.07, 6.45) is 2.93. The lowest BCUT2D eigenvalue weighted by atomic mass is 10.2. The Hall–Kier alpha value is -2.69. The molecule has 0 unspecified atom stereocenters. The van der Waals surface area contributed by atoms with Crippen LogP contribution in [-0.2, 0) is 4.84 Å². The fourth-order valence-corrected chi connectivity index (χ4v) is 1.28. The zero-order valence-electron chi connectivity index (χ0n) is 9.37. The van der Waals surface area contributed by atoms with Crippen LogP contribution in [0, 0.1) is 0 Å². The van der Waals surface area contributed by atoms with Crippen molar-refractivity contribution in [2.75, 3.05) is 0 Å². The summed E-state index contributed by atoms with van der Waals surface area (Å²) in [6.45, 7) is 0. The third-order valence-corrected chi connectivity index (χ3v) is 2.17. The Morgan fingerprint density at radius 3 is 2.39 bits per heavy atom. The Morgan fingerprint density at radius 1 is 1.00 bits per heavy atom. The predicted octanol–water partition coefficient (Wildman–Crippen LogP) is 1.58. The highest BCUT2D eigenvalue weighted by Gasteiger charge is 2.10. The van der Waals surface area contributed by atoms with Gasteiger partial charge in [0.1, 0.15) is 0 Å². The van der Waals surface area contributed by atoms with Gasteiger partial charge in [-0.25, -0.2) is 4.79 Å². The number of carbonyl (C=O) groups is 2. The molecule has 0 saturated heterocycles. The minimum absolute atomic E-state index is 0.318. The molecule has 0 fully saturated rings. The number of pyridine rings is 1. The van der Waals surface area contributed by atoms with Crippen molar-refractivity contribution in [3.63, 3.8) is 0 Å². The van der Waals surface area contributed by atoms with E-state index in [1.54, 1.807) is 48.7 Å². The fraction of sp³-hybridized carbons (Fsp3) is 0. The van der Waals surface area contributed by atoms with E-state index < -0.39 is 11.9 Å². The van der Waals surface area contributed by atoms with E-state index in [4.69, 9.17) is 0 Å². The summed E-state index contributed by atoms with van der Waals surface area (Å²) in [4.78, 5) is 31.5. The standard InChI is InChI=1S/C13H10N2O3/c16-12(11-7-4-8-14-9-11)15-18-13(17)10-5-2-1-3-6-10/h1-9H,(H,15,16). The monoisotopic (exact) mass is 242 g/mol. The molecule has 2 aromatic rings.